The minimum Gasteiger partial charge on any atom is -0.389 e. The highest BCUT2D eigenvalue weighted by Crippen LogP contribution is 2.12. The Morgan fingerprint density at radius 1 is 1.00 bits per heavy atom. The third-order valence-corrected chi connectivity index (χ3v) is 3.24. The van der Waals surface area contributed by atoms with Gasteiger partial charge in [0.15, 0.2) is 0 Å². The van der Waals surface area contributed by atoms with Crippen molar-refractivity contribution in [3.8, 4) is 0 Å². The number of nitrogens with zero attached hydrogens (tertiary/aromatic N) is 1. The molecule has 0 bridgehead atoms. The van der Waals surface area contributed by atoms with Crippen molar-refractivity contribution in [2.24, 2.45) is 0 Å². The Bertz CT molecular complexity index is 332. The lowest BCUT2D eigenvalue weighted by Crippen LogP contribution is -2.55. The zero-order chi connectivity index (χ0) is 12.3. The van der Waals surface area contributed by atoms with E-state index in [-0.39, 0.29) is 0 Å². The SMILES string of the molecule is O[C@H]1[C@H](O)CN(CCc2ccccc2)C[C@@H]1O. The van der Waals surface area contributed by atoms with Crippen LogP contribution in [0.25, 0.3) is 0 Å². The second-order valence-electron chi connectivity index (χ2n) is 4.62. The summed E-state index contributed by atoms with van der Waals surface area (Å²) in [5, 5.41) is 28.6. The number of hydrogen-bond acceptors (Lipinski definition) is 4. The number of likely N-dealkylation sites (tertiary alicyclic amines) is 1. The molecule has 4 heteroatoms. The van der Waals surface area contributed by atoms with Crippen molar-refractivity contribution in [1.29, 1.82) is 0 Å². The Labute approximate surface area is 101 Å². The molecule has 0 aromatic heterocycles. The molecule has 2 rings (SSSR count). The van der Waals surface area contributed by atoms with Crippen LogP contribution in [0.3, 0.4) is 0 Å². The number of aliphatic hydroxyl groups is 3. The van der Waals surface area contributed by atoms with Crippen molar-refractivity contribution in [3.05, 3.63) is 35.9 Å². The summed E-state index contributed by atoms with van der Waals surface area (Å²) in [6.45, 7) is 1.63. The second kappa shape index (κ2) is 5.60. The molecule has 1 saturated heterocycles. The average Bonchev–Trinajstić information content (AvgIpc) is 2.34. The first-order valence-electron chi connectivity index (χ1n) is 5.97. The van der Waals surface area contributed by atoms with Crippen LogP contribution < -0.4 is 0 Å². The van der Waals surface area contributed by atoms with Gasteiger partial charge in [0, 0.05) is 19.6 Å². The van der Waals surface area contributed by atoms with Gasteiger partial charge >= 0.3 is 0 Å². The maximum Gasteiger partial charge on any atom is 0.108 e. The molecular formula is C13H19NO3. The van der Waals surface area contributed by atoms with Crippen LogP contribution >= 0.6 is 0 Å². The number of hydrogen-bond donors (Lipinski definition) is 3. The van der Waals surface area contributed by atoms with Gasteiger partial charge in [-0.15, -0.1) is 0 Å². The summed E-state index contributed by atoms with van der Waals surface area (Å²) in [6, 6.07) is 10.1. The summed E-state index contributed by atoms with van der Waals surface area (Å²) < 4.78 is 0. The van der Waals surface area contributed by atoms with Crippen LogP contribution in [-0.4, -0.2) is 58.2 Å². The summed E-state index contributed by atoms with van der Waals surface area (Å²) >= 11 is 0. The Morgan fingerprint density at radius 2 is 1.59 bits per heavy atom. The van der Waals surface area contributed by atoms with E-state index >= 15 is 0 Å². The molecule has 1 fully saturated rings. The van der Waals surface area contributed by atoms with E-state index in [1.54, 1.807) is 0 Å². The zero-order valence-electron chi connectivity index (χ0n) is 9.74. The topological polar surface area (TPSA) is 63.9 Å². The van der Waals surface area contributed by atoms with E-state index in [9.17, 15) is 15.3 Å². The molecule has 3 atom stereocenters. The molecule has 0 radical (unpaired) electrons. The van der Waals surface area contributed by atoms with E-state index in [4.69, 9.17) is 0 Å². The number of aliphatic hydroxyl groups excluding tert-OH is 3. The van der Waals surface area contributed by atoms with E-state index in [1.165, 1.54) is 5.56 Å². The van der Waals surface area contributed by atoms with E-state index in [0.29, 0.717) is 13.1 Å². The summed E-state index contributed by atoms with van der Waals surface area (Å²) in [4.78, 5) is 1.98. The summed E-state index contributed by atoms with van der Waals surface area (Å²) in [6.07, 6.45) is -1.83. The lowest BCUT2D eigenvalue weighted by molar-refractivity contribution is -0.109. The predicted octanol–water partition coefficient (Wildman–Crippen LogP) is -0.373. The Morgan fingerprint density at radius 3 is 2.18 bits per heavy atom. The Kier molecular flexibility index (Phi) is 4.12. The van der Waals surface area contributed by atoms with Crippen LogP contribution in [0.15, 0.2) is 30.3 Å². The summed E-state index contributed by atoms with van der Waals surface area (Å²) in [7, 11) is 0. The smallest absolute Gasteiger partial charge is 0.108 e. The summed E-state index contributed by atoms with van der Waals surface area (Å²) in [5.41, 5.74) is 1.24. The monoisotopic (exact) mass is 237 g/mol. The first-order chi connectivity index (χ1) is 8.16. The molecule has 1 aliphatic heterocycles. The maximum absolute atomic E-state index is 9.56. The van der Waals surface area contributed by atoms with Gasteiger partial charge in [-0.2, -0.15) is 0 Å². The molecule has 0 amide bonds. The van der Waals surface area contributed by atoms with Gasteiger partial charge in [-0.25, -0.2) is 0 Å². The number of benzene rings is 1. The quantitative estimate of drug-likeness (QED) is 0.671. The first kappa shape index (κ1) is 12.5. The average molecular weight is 237 g/mol. The molecule has 17 heavy (non-hydrogen) atoms. The van der Waals surface area contributed by atoms with Crippen molar-refractivity contribution >= 4 is 0 Å². The van der Waals surface area contributed by atoms with Crippen LogP contribution in [0.1, 0.15) is 5.56 Å². The zero-order valence-corrected chi connectivity index (χ0v) is 9.74. The fourth-order valence-electron chi connectivity index (χ4n) is 2.19. The van der Waals surface area contributed by atoms with Crippen LogP contribution in [0.5, 0.6) is 0 Å². The highest BCUT2D eigenvalue weighted by atomic mass is 16.4. The molecule has 0 saturated carbocycles. The molecule has 1 aromatic rings. The van der Waals surface area contributed by atoms with Crippen LogP contribution in [-0.2, 0) is 6.42 Å². The van der Waals surface area contributed by atoms with E-state index in [0.717, 1.165) is 13.0 Å². The van der Waals surface area contributed by atoms with Crippen molar-refractivity contribution < 1.29 is 15.3 Å². The third kappa shape index (κ3) is 3.26. The molecular weight excluding hydrogens is 218 g/mol. The molecule has 1 heterocycles. The van der Waals surface area contributed by atoms with Gasteiger partial charge in [-0.05, 0) is 12.0 Å². The molecule has 1 aliphatic rings. The van der Waals surface area contributed by atoms with Gasteiger partial charge in [-0.1, -0.05) is 30.3 Å². The fraction of sp³-hybridized carbons (Fsp3) is 0.538. The normalized spacial score (nSPS) is 30.4. The largest absolute Gasteiger partial charge is 0.389 e. The van der Waals surface area contributed by atoms with Gasteiger partial charge in [0.05, 0.1) is 12.2 Å². The first-order valence-corrected chi connectivity index (χ1v) is 5.97. The number of β-amino-alcohol motifs (C(OH)–C–C–N with tert-alkyl or cyclic N) is 2. The predicted molar refractivity (Wildman–Crippen MR) is 64.6 cm³/mol. The highest BCUT2D eigenvalue weighted by molar-refractivity contribution is 5.14. The van der Waals surface area contributed by atoms with Crippen molar-refractivity contribution in [2.45, 2.75) is 24.7 Å². The van der Waals surface area contributed by atoms with Gasteiger partial charge in [0.1, 0.15) is 6.10 Å². The third-order valence-electron chi connectivity index (χ3n) is 3.24. The minimum atomic E-state index is -1.01. The standard InChI is InChI=1S/C13H19NO3/c15-11-8-14(9-12(16)13(11)17)7-6-10-4-2-1-3-5-10/h1-5,11-13,15-17H,6-9H2/t11-,12+,13+. The van der Waals surface area contributed by atoms with Gasteiger partial charge in [0.25, 0.3) is 0 Å². The van der Waals surface area contributed by atoms with Gasteiger partial charge in [-0.3, -0.25) is 4.90 Å². The molecule has 0 spiro atoms. The van der Waals surface area contributed by atoms with Gasteiger partial charge < -0.3 is 15.3 Å². The number of piperidine rings is 1. The van der Waals surface area contributed by atoms with Crippen LogP contribution in [0.2, 0.25) is 0 Å². The van der Waals surface area contributed by atoms with Crippen molar-refractivity contribution in [3.63, 3.8) is 0 Å². The Balaban J connectivity index is 1.84. The van der Waals surface area contributed by atoms with Crippen molar-refractivity contribution in [1.82, 2.24) is 4.90 Å². The highest BCUT2D eigenvalue weighted by Gasteiger charge is 2.32. The lowest BCUT2D eigenvalue weighted by atomic mass is 10.0. The Hall–Kier alpha value is -0.940. The van der Waals surface area contributed by atoms with E-state index < -0.39 is 18.3 Å². The van der Waals surface area contributed by atoms with E-state index in [1.807, 2.05) is 23.1 Å². The lowest BCUT2D eigenvalue weighted by Gasteiger charge is -2.36. The second-order valence-corrected chi connectivity index (χ2v) is 4.62. The molecule has 4 nitrogen and oxygen atoms in total. The molecule has 0 unspecified atom stereocenters. The van der Waals surface area contributed by atoms with Gasteiger partial charge in [0.2, 0.25) is 0 Å². The number of rotatable bonds is 3. The van der Waals surface area contributed by atoms with Crippen molar-refractivity contribution in [2.75, 3.05) is 19.6 Å². The molecule has 94 valence electrons. The fourth-order valence-corrected chi connectivity index (χ4v) is 2.19. The van der Waals surface area contributed by atoms with Crippen LogP contribution in [0, 0.1) is 0 Å². The molecule has 1 aromatic carbocycles. The van der Waals surface area contributed by atoms with E-state index in [2.05, 4.69) is 12.1 Å². The summed E-state index contributed by atoms with van der Waals surface area (Å²) in [5.74, 6) is 0. The maximum atomic E-state index is 9.56. The molecule has 0 aliphatic carbocycles. The van der Waals surface area contributed by atoms with Crippen LogP contribution in [0.4, 0.5) is 0 Å². The minimum absolute atomic E-state index is 0.422. The molecule has 3 N–H and O–H groups in total.